The fourth-order valence-electron chi connectivity index (χ4n) is 5.23. The third kappa shape index (κ3) is 5.42. The predicted octanol–water partition coefficient (Wildman–Crippen LogP) is -0.271. The summed E-state index contributed by atoms with van der Waals surface area (Å²) in [5, 5.41) is 0. The minimum atomic E-state index is -5.15. The van der Waals surface area contributed by atoms with Crippen LogP contribution in [0.15, 0.2) is 23.8 Å². The number of phosphoric ester groups is 1. The number of anilines is 2. The third-order valence-corrected chi connectivity index (χ3v) is 9.78. The van der Waals surface area contributed by atoms with Crippen LogP contribution in [0, 0.1) is 0 Å². The topological polar surface area (TPSA) is 272 Å². The van der Waals surface area contributed by atoms with Crippen LogP contribution < -0.4 is 17.0 Å². The van der Waals surface area contributed by atoms with Gasteiger partial charge in [0.1, 0.15) is 36.3 Å². The van der Waals surface area contributed by atoms with E-state index in [1.54, 1.807) is 0 Å². The highest BCUT2D eigenvalue weighted by atomic mass is 32.5. The molecule has 3 aliphatic rings. The Morgan fingerprint density at radius 3 is 2.38 bits per heavy atom. The van der Waals surface area contributed by atoms with Crippen molar-refractivity contribution in [1.29, 1.82) is 0 Å². The summed E-state index contributed by atoms with van der Waals surface area (Å²) in [5.74, 6) is -0.274. The molecular formula is C20H22F2N10O10P2S. The highest BCUT2D eigenvalue weighted by Crippen LogP contribution is 2.54. The van der Waals surface area contributed by atoms with Crippen molar-refractivity contribution in [3.8, 4) is 0 Å². The molecule has 3 aliphatic heterocycles. The molecule has 242 valence electrons. The second-order valence-electron chi connectivity index (χ2n) is 10.0. The molecule has 45 heavy (non-hydrogen) atoms. The number of nitrogens with one attached hydrogen (secondary N) is 1. The molecule has 20 nitrogen and oxygen atoms in total. The maximum atomic E-state index is 15.9. The largest absolute Gasteiger partial charge is 0.472 e. The number of hydrogen-bond donors (Lipinski definition) is 5. The van der Waals surface area contributed by atoms with Gasteiger partial charge in [-0.25, -0.2) is 33.3 Å². The Kier molecular flexibility index (Phi) is 7.49. The fraction of sp³-hybridized carbons (Fsp3) is 0.500. The monoisotopic (exact) mass is 694 g/mol. The van der Waals surface area contributed by atoms with Crippen molar-refractivity contribution in [2.24, 2.45) is 0 Å². The van der Waals surface area contributed by atoms with E-state index in [2.05, 4.69) is 29.9 Å². The summed E-state index contributed by atoms with van der Waals surface area (Å²) in [5.41, 5.74) is 10.7. The lowest BCUT2D eigenvalue weighted by molar-refractivity contribution is -0.0630. The number of hydrogen-bond acceptors (Lipinski definition) is 16. The van der Waals surface area contributed by atoms with E-state index in [0.29, 0.717) is 0 Å². The van der Waals surface area contributed by atoms with Gasteiger partial charge in [-0.05, 0) is 11.8 Å². The molecule has 7 N–H and O–H groups in total. The SMILES string of the molecule is Nc1nc2c(ncn2[C@@H]2O[C@@H]3COP(=O)(O)O[C@H]4[C@H](F)[C@H](n5cnc6c(N)ncnc65)O[C@@H]4COP(O)(=S)O[C@H]2[C@@H]3F)c(=O)[nH]1. The van der Waals surface area contributed by atoms with E-state index in [1.807, 2.05) is 0 Å². The zero-order valence-corrected chi connectivity index (χ0v) is 24.9. The van der Waals surface area contributed by atoms with Gasteiger partial charge in [-0.3, -0.25) is 32.5 Å². The van der Waals surface area contributed by atoms with E-state index in [9.17, 15) is 19.1 Å². The van der Waals surface area contributed by atoms with Gasteiger partial charge in [-0.2, -0.15) is 4.98 Å². The third-order valence-electron chi connectivity index (χ3n) is 7.23. The highest BCUT2D eigenvalue weighted by Gasteiger charge is 2.54. The van der Waals surface area contributed by atoms with E-state index in [1.165, 1.54) is 10.9 Å². The number of nitrogens with zero attached hydrogens (tertiary/aromatic N) is 7. The summed E-state index contributed by atoms with van der Waals surface area (Å²) in [6.07, 6.45) is -10.7. The molecule has 2 bridgehead atoms. The summed E-state index contributed by atoms with van der Waals surface area (Å²) >= 11 is 5.13. The molecule has 2 unspecified atom stereocenters. The molecule has 4 aromatic rings. The van der Waals surface area contributed by atoms with Gasteiger partial charge in [0.2, 0.25) is 5.95 Å². The number of ether oxygens (including phenoxy) is 2. The van der Waals surface area contributed by atoms with Crippen molar-refractivity contribution in [1.82, 2.24) is 39.0 Å². The normalized spacial score (nSPS) is 37.7. The lowest BCUT2D eigenvalue weighted by atomic mass is 10.1. The van der Waals surface area contributed by atoms with Gasteiger partial charge in [0.05, 0.1) is 25.9 Å². The van der Waals surface area contributed by atoms with Gasteiger partial charge in [0.15, 0.2) is 47.4 Å². The Balaban J connectivity index is 1.21. The lowest BCUT2D eigenvalue weighted by Gasteiger charge is -2.27. The minimum absolute atomic E-state index is 0.0109. The maximum absolute atomic E-state index is 15.9. The van der Waals surface area contributed by atoms with Gasteiger partial charge in [-0.1, -0.05) is 0 Å². The molecule has 4 aromatic heterocycles. The number of nitrogen functional groups attached to an aromatic ring is 2. The molecule has 0 spiro atoms. The van der Waals surface area contributed by atoms with Crippen LogP contribution in [0.25, 0.3) is 22.3 Å². The van der Waals surface area contributed by atoms with Gasteiger partial charge in [0, 0.05) is 0 Å². The van der Waals surface area contributed by atoms with Crippen LogP contribution in [0.3, 0.4) is 0 Å². The molecule has 0 amide bonds. The number of phosphoric acid groups is 1. The Hall–Kier alpha value is -3.08. The number of aromatic amines is 1. The van der Waals surface area contributed by atoms with Crippen molar-refractivity contribution in [2.45, 2.75) is 49.2 Å². The summed E-state index contributed by atoms with van der Waals surface area (Å²) in [4.78, 5) is 55.9. The van der Waals surface area contributed by atoms with Crippen LogP contribution in [0.2, 0.25) is 0 Å². The number of halogens is 2. The van der Waals surface area contributed by atoms with Crippen molar-refractivity contribution in [3.05, 3.63) is 29.3 Å². The Labute approximate surface area is 253 Å². The van der Waals surface area contributed by atoms with Crippen molar-refractivity contribution in [2.75, 3.05) is 24.7 Å². The number of fused-ring (bicyclic) bond motifs is 5. The Bertz CT molecular complexity index is 1950. The molecule has 0 saturated carbocycles. The first-order chi connectivity index (χ1) is 21.3. The number of alkyl halides is 2. The molecule has 7 heterocycles. The summed E-state index contributed by atoms with van der Waals surface area (Å²) in [6, 6.07) is 0. The molecular weight excluding hydrogens is 672 g/mol. The van der Waals surface area contributed by atoms with E-state index in [0.717, 1.165) is 17.2 Å². The number of H-pyrrole nitrogens is 1. The summed E-state index contributed by atoms with van der Waals surface area (Å²) < 4.78 is 79.6. The van der Waals surface area contributed by atoms with Crippen LogP contribution in [-0.2, 0) is 43.9 Å². The van der Waals surface area contributed by atoms with Crippen LogP contribution in [0.5, 0.6) is 0 Å². The number of imidazole rings is 2. The molecule has 25 heteroatoms. The Morgan fingerprint density at radius 2 is 1.60 bits per heavy atom. The second-order valence-corrected chi connectivity index (χ2v) is 14.2. The zero-order chi connectivity index (χ0) is 31.8. The average molecular weight is 694 g/mol. The van der Waals surface area contributed by atoms with Crippen molar-refractivity contribution < 1.29 is 50.7 Å². The van der Waals surface area contributed by atoms with E-state index < -0.39 is 82.5 Å². The summed E-state index contributed by atoms with van der Waals surface area (Å²) in [6.45, 7) is -6.06. The van der Waals surface area contributed by atoms with Gasteiger partial charge >= 0.3 is 14.5 Å². The standard InChI is InChI=1S/C20H22F2N10O10P2S/c21-8-6-1-37-43(34,35)41-12-7(40-18(9(12)22)31-4-27-10-14(23)25-3-26-15(10)31)2-38-44(36,45)42-13(8)19(39-6)32-5-28-11-16(32)29-20(24)30-17(11)33/h3-9,12-13,18-19H,1-2H2,(H,34,35)(H,36,45)(H2,23,25,26)(H3,24,29,30,33)/t6-,7-,8-,9+,12-,13+,18-,19-,44?/m1/s1. The van der Waals surface area contributed by atoms with Gasteiger partial charge in [0.25, 0.3) is 5.56 Å². The predicted molar refractivity (Wildman–Crippen MR) is 148 cm³/mol. The molecule has 7 rings (SSSR count). The minimum Gasteiger partial charge on any atom is -0.382 e. The molecule has 3 saturated heterocycles. The summed E-state index contributed by atoms with van der Waals surface area (Å²) in [7, 11) is -5.15. The number of nitrogens with two attached hydrogens (primary N) is 2. The van der Waals surface area contributed by atoms with Crippen molar-refractivity contribution in [3.63, 3.8) is 0 Å². The first-order valence-corrected chi connectivity index (χ1v) is 17.0. The first-order valence-electron chi connectivity index (χ1n) is 12.9. The highest BCUT2D eigenvalue weighted by molar-refractivity contribution is 8.07. The van der Waals surface area contributed by atoms with Crippen LogP contribution in [-0.4, -0.2) is 98.8 Å². The first kappa shape index (κ1) is 30.6. The Morgan fingerprint density at radius 1 is 0.911 bits per heavy atom. The zero-order valence-electron chi connectivity index (χ0n) is 22.3. The van der Waals surface area contributed by atoms with Crippen LogP contribution in [0.4, 0.5) is 20.5 Å². The quantitative estimate of drug-likeness (QED) is 0.169. The fourth-order valence-corrected chi connectivity index (χ4v) is 7.59. The van der Waals surface area contributed by atoms with Gasteiger partial charge < -0.3 is 35.3 Å². The second kappa shape index (κ2) is 11.0. The maximum Gasteiger partial charge on any atom is 0.472 e. The molecule has 0 aromatic carbocycles. The lowest BCUT2D eigenvalue weighted by Crippen LogP contribution is -2.34. The average Bonchev–Trinajstić information content (AvgIpc) is 3.72. The number of aromatic nitrogens is 8. The molecule has 0 aliphatic carbocycles. The van der Waals surface area contributed by atoms with E-state index in [4.69, 9.17) is 50.8 Å². The van der Waals surface area contributed by atoms with E-state index >= 15 is 8.78 Å². The molecule has 10 atom stereocenters. The van der Waals surface area contributed by atoms with E-state index in [-0.39, 0.29) is 34.1 Å². The van der Waals surface area contributed by atoms with Crippen LogP contribution in [0.1, 0.15) is 12.5 Å². The smallest absolute Gasteiger partial charge is 0.382 e. The molecule has 0 radical (unpaired) electrons. The van der Waals surface area contributed by atoms with Crippen molar-refractivity contribution >= 4 is 60.4 Å². The molecule has 3 fully saturated rings. The van der Waals surface area contributed by atoms with Gasteiger partial charge in [-0.15, -0.1) is 0 Å². The van der Waals surface area contributed by atoms with Crippen LogP contribution >= 0.6 is 14.5 Å². The number of rotatable bonds is 2.